The van der Waals surface area contributed by atoms with Crippen molar-refractivity contribution in [3.8, 4) is 0 Å². The van der Waals surface area contributed by atoms with Gasteiger partial charge in [-0.25, -0.2) is 4.79 Å². The summed E-state index contributed by atoms with van der Waals surface area (Å²) in [7, 11) is 0. The zero-order valence-corrected chi connectivity index (χ0v) is 13.4. The van der Waals surface area contributed by atoms with Crippen LogP contribution >= 0.6 is 23.5 Å². The van der Waals surface area contributed by atoms with Gasteiger partial charge in [0.2, 0.25) is 5.91 Å². The van der Waals surface area contributed by atoms with Crippen molar-refractivity contribution in [3.05, 3.63) is 45.8 Å². The van der Waals surface area contributed by atoms with Gasteiger partial charge in [-0.05, 0) is 12.5 Å². The second-order valence-electron chi connectivity index (χ2n) is 5.20. The Balaban J connectivity index is 1.78. The minimum Gasteiger partial charge on any atom is -0.477 e. The summed E-state index contributed by atoms with van der Waals surface area (Å²) in [6, 6.07) is 9.76. The normalized spacial score (nSPS) is 25.0. The molecule has 0 spiro atoms. The van der Waals surface area contributed by atoms with Crippen LogP contribution in [0.1, 0.15) is 12.5 Å². The lowest BCUT2D eigenvalue weighted by Crippen LogP contribution is -2.60. The Kier molecular flexibility index (Phi) is 4.20. The molecule has 5 nitrogen and oxygen atoms in total. The fraction of sp³-hybridized carbons (Fsp3) is 0.333. The summed E-state index contributed by atoms with van der Waals surface area (Å²) in [5.41, 5.74) is 1.15. The molecule has 2 aliphatic rings. The number of benzene rings is 1. The van der Waals surface area contributed by atoms with Crippen LogP contribution in [0.3, 0.4) is 0 Å². The van der Waals surface area contributed by atoms with Crippen molar-refractivity contribution in [1.82, 2.24) is 4.90 Å². The quantitative estimate of drug-likeness (QED) is 0.801. The van der Waals surface area contributed by atoms with Gasteiger partial charge < -0.3 is 10.2 Å². The second kappa shape index (κ2) is 5.98. The average Bonchev–Trinajstić information content (AvgIpc) is 2.80. The van der Waals surface area contributed by atoms with E-state index in [9.17, 15) is 19.8 Å². The number of carboxylic acids is 1. The maximum atomic E-state index is 12.1. The first-order valence-corrected chi connectivity index (χ1v) is 8.69. The summed E-state index contributed by atoms with van der Waals surface area (Å²) in [5, 5.41) is 18.8. The summed E-state index contributed by atoms with van der Waals surface area (Å²) < 4.78 is 0.637. The SMILES string of the molecule is CC(O)[C@H]1C(=O)N2C(C(=O)O)=C(SCc3ccccc3)S[C@H]12. The first-order valence-electron chi connectivity index (χ1n) is 6.83. The summed E-state index contributed by atoms with van der Waals surface area (Å²) >= 11 is 2.79. The molecule has 2 aliphatic heterocycles. The van der Waals surface area contributed by atoms with E-state index in [0.29, 0.717) is 9.99 Å². The molecule has 3 rings (SSSR count). The predicted octanol–water partition coefficient (Wildman–Crippen LogP) is 2.09. The Labute approximate surface area is 136 Å². The van der Waals surface area contributed by atoms with Crippen LogP contribution in [-0.2, 0) is 15.3 Å². The maximum Gasteiger partial charge on any atom is 0.354 e. The van der Waals surface area contributed by atoms with Crippen molar-refractivity contribution in [2.45, 2.75) is 24.2 Å². The highest BCUT2D eigenvalue weighted by Gasteiger charge is 2.57. The summed E-state index contributed by atoms with van der Waals surface area (Å²) in [6.07, 6.45) is -0.769. The van der Waals surface area contributed by atoms with Crippen LogP contribution in [-0.4, -0.2) is 38.5 Å². The molecule has 116 valence electrons. The molecule has 0 saturated carbocycles. The number of carbonyl (C=O) groups is 2. The lowest BCUT2D eigenvalue weighted by atomic mass is 9.92. The Hall–Kier alpha value is -1.44. The smallest absolute Gasteiger partial charge is 0.354 e. The number of carbonyl (C=O) groups excluding carboxylic acids is 1. The number of rotatable bonds is 5. The van der Waals surface area contributed by atoms with Crippen molar-refractivity contribution in [2.24, 2.45) is 5.92 Å². The predicted molar refractivity (Wildman–Crippen MR) is 85.8 cm³/mol. The van der Waals surface area contributed by atoms with Gasteiger partial charge in [0.05, 0.1) is 16.3 Å². The van der Waals surface area contributed by atoms with E-state index in [1.54, 1.807) is 6.92 Å². The van der Waals surface area contributed by atoms with Gasteiger partial charge in [-0.15, -0.1) is 11.8 Å². The second-order valence-corrected chi connectivity index (χ2v) is 7.57. The van der Waals surface area contributed by atoms with E-state index < -0.39 is 18.0 Å². The molecule has 0 aliphatic carbocycles. The topological polar surface area (TPSA) is 77.8 Å². The number of aliphatic carboxylic acids is 1. The number of β-lactam (4-membered cyclic amide) rings is 1. The van der Waals surface area contributed by atoms with Crippen molar-refractivity contribution in [2.75, 3.05) is 0 Å². The minimum absolute atomic E-state index is 0.0535. The Morgan fingerprint density at radius 2 is 2.09 bits per heavy atom. The molecule has 1 unspecified atom stereocenters. The average molecular weight is 337 g/mol. The Morgan fingerprint density at radius 3 is 2.68 bits per heavy atom. The molecule has 2 heterocycles. The van der Waals surface area contributed by atoms with Crippen molar-refractivity contribution in [3.63, 3.8) is 0 Å². The minimum atomic E-state index is -1.09. The van der Waals surface area contributed by atoms with Gasteiger partial charge in [0.1, 0.15) is 5.37 Å². The third kappa shape index (κ3) is 2.53. The van der Waals surface area contributed by atoms with Crippen LogP contribution < -0.4 is 0 Å². The number of hydrogen-bond acceptors (Lipinski definition) is 5. The lowest BCUT2D eigenvalue weighted by molar-refractivity contribution is -0.156. The third-order valence-electron chi connectivity index (χ3n) is 3.68. The van der Waals surface area contributed by atoms with Gasteiger partial charge in [-0.1, -0.05) is 42.1 Å². The van der Waals surface area contributed by atoms with E-state index >= 15 is 0 Å². The highest BCUT2D eigenvalue weighted by molar-refractivity contribution is 8.22. The fourth-order valence-corrected chi connectivity index (χ4v) is 5.45. The molecule has 7 heteroatoms. The first kappa shape index (κ1) is 15.5. The zero-order valence-electron chi connectivity index (χ0n) is 11.8. The fourth-order valence-electron chi connectivity index (χ4n) is 2.57. The van der Waals surface area contributed by atoms with E-state index in [0.717, 1.165) is 5.56 Å². The lowest BCUT2D eigenvalue weighted by Gasteiger charge is -2.43. The van der Waals surface area contributed by atoms with Crippen LogP contribution in [0.2, 0.25) is 0 Å². The number of carboxylic acid groups (broad SMARTS) is 1. The van der Waals surface area contributed by atoms with Crippen molar-refractivity contribution in [1.29, 1.82) is 0 Å². The van der Waals surface area contributed by atoms with Crippen molar-refractivity contribution >= 4 is 35.4 Å². The van der Waals surface area contributed by atoms with Crippen LogP contribution in [0, 0.1) is 5.92 Å². The van der Waals surface area contributed by atoms with Gasteiger partial charge in [0.15, 0.2) is 5.70 Å². The molecule has 1 aromatic rings. The number of amides is 1. The monoisotopic (exact) mass is 337 g/mol. The highest BCUT2D eigenvalue weighted by atomic mass is 32.2. The van der Waals surface area contributed by atoms with Gasteiger partial charge in [-0.2, -0.15) is 0 Å². The first-order chi connectivity index (χ1) is 10.5. The Bertz CT molecular complexity index is 644. The maximum absolute atomic E-state index is 12.1. The van der Waals surface area contributed by atoms with E-state index in [1.807, 2.05) is 30.3 Å². The van der Waals surface area contributed by atoms with Crippen LogP contribution in [0.5, 0.6) is 0 Å². The summed E-state index contributed by atoms with van der Waals surface area (Å²) in [4.78, 5) is 24.9. The summed E-state index contributed by atoms with van der Waals surface area (Å²) in [6.45, 7) is 1.57. The molecule has 0 aromatic heterocycles. The number of nitrogens with zero attached hydrogens (tertiary/aromatic N) is 1. The van der Waals surface area contributed by atoms with E-state index in [1.165, 1.54) is 28.4 Å². The van der Waals surface area contributed by atoms with Gasteiger partial charge in [0.25, 0.3) is 0 Å². The largest absolute Gasteiger partial charge is 0.477 e. The molecule has 1 saturated heterocycles. The standard InChI is InChI=1S/C15H15NO4S2/c1-8(17)10-12(18)16-11(14(19)20)15(22-13(10)16)21-7-9-5-3-2-4-6-9/h2-6,8,10,13,17H,7H2,1H3,(H,19,20)/t8?,10-,13+/m0/s1. The molecule has 2 N–H and O–H groups in total. The number of aliphatic hydroxyl groups is 1. The van der Waals surface area contributed by atoms with E-state index in [-0.39, 0.29) is 17.0 Å². The van der Waals surface area contributed by atoms with Gasteiger partial charge in [-0.3, -0.25) is 9.69 Å². The number of fused-ring (bicyclic) bond motifs is 1. The number of aliphatic hydroxyl groups excluding tert-OH is 1. The molecule has 1 amide bonds. The molecule has 0 radical (unpaired) electrons. The van der Waals surface area contributed by atoms with E-state index in [2.05, 4.69) is 0 Å². The molecular weight excluding hydrogens is 322 g/mol. The van der Waals surface area contributed by atoms with Gasteiger partial charge in [0, 0.05) is 5.75 Å². The molecule has 3 atom stereocenters. The number of hydrogen-bond donors (Lipinski definition) is 2. The van der Waals surface area contributed by atoms with Crippen molar-refractivity contribution < 1.29 is 19.8 Å². The zero-order chi connectivity index (χ0) is 15.9. The molecular formula is C15H15NO4S2. The summed E-state index contributed by atoms with van der Waals surface area (Å²) in [5.74, 6) is -1.27. The molecule has 1 fully saturated rings. The highest BCUT2D eigenvalue weighted by Crippen LogP contribution is 2.54. The van der Waals surface area contributed by atoms with Crippen LogP contribution in [0.15, 0.2) is 40.3 Å². The molecule has 0 bridgehead atoms. The van der Waals surface area contributed by atoms with Crippen LogP contribution in [0.4, 0.5) is 0 Å². The van der Waals surface area contributed by atoms with Gasteiger partial charge >= 0.3 is 5.97 Å². The Morgan fingerprint density at radius 1 is 1.41 bits per heavy atom. The van der Waals surface area contributed by atoms with E-state index in [4.69, 9.17) is 0 Å². The number of thioether (sulfide) groups is 2. The van der Waals surface area contributed by atoms with Crippen LogP contribution in [0.25, 0.3) is 0 Å². The molecule has 22 heavy (non-hydrogen) atoms. The third-order valence-corrected chi connectivity index (χ3v) is 6.41. The molecule has 1 aromatic carbocycles.